The maximum atomic E-state index is 13.0. The highest BCUT2D eigenvalue weighted by Gasteiger charge is 2.42. The van der Waals surface area contributed by atoms with Gasteiger partial charge in [0.15, 0.2) is 0 Å². The van der Waals surface area contributed by atoms with Crippen LogP contribution in [0.4, 0.5) is 4.79 Å². The van der Waals surface area contributed by atoms with Crippen molar-refractivity contribution < 1.29 is 38.9 Å². The fraction of sp³-hybridized carbons (Fsp3) is 0.333. The number of rotatable bonds is 9. The predicted molar refractivity (Wildman–Crippen MR) is 132 cm³/mol. The lowest BCUT2D eigenvalue weighted by molar-refractivity contribution is -0.151. The van der Waals surface area contributed by atoms with Gasteiger partial charge in [-0.2, -0.15) is 0 Å². The molecule has 10 heteroatoms. The van der Waals surface area contributed by atoms with Crippen molar-refractivity contribution in [1.82, 2.24) is 10.2 Å². The predicted octanol–water partition coefficient (Wildman–Crippen LogP) is 2.06. The molecule has 0 spiro atoms. The Balaban J connectivity index is 1.44. The van der Waals surface area contributed by atoms with Crippen LogP contribution in [0.5, 0.6) is 0 Å². The molecule has 1 fully saturated rings. The van der Waals surface area contributed by atoms with Crippen LogP contribution in [0.15, 0.2) is 61.2 Å². The minimum Gasteiger partial charge on any atom is -0.481 e. The van der Waals surface area contributed by atoms with Crippen LogP contribution < -0.4 is 5.32 Å². The summed E-state index contributed by atoms with van der Waals surface area (Å²) in [5.74, 6) is -3.23. The fourth-order valence-electron chi connectivity index (χ4n) is 4.82. The Kier molecular flexibility index (Phi) is 7.88. The number of fused-ring (bicyclic) bond motifs is 3. The lowest BCUT2D eigenvalue weighted by Crippen LogP contribution is -2.52. The number of aliphatic hydroxyl groups is 1. The molecule has 2 aromatic rings. The third kappa shape index (κ3) is 5.64. The Hall–Kier alpha value is -4.18. The molecule has 3 atom stereocenters. The first-order valence-electron chi connectivity index (χ1n) is 11.9. The van der Waals surface area contributed by atoms with Crippen LogP contribution in [-0.2, 0) is 23.9 Å². The van der Waals surface area contributed by atoms with Crippen molar-refractivity contribution in [3.8, 4) is 11.1 Å². The van der Waals surface area contributed by atoms with E-state index in [0.717, 1.165) is 27.2 Å². The molecule has 2 aliphatic rings. The molecule has 194 valence electrons. The number of carbonyl (C=O) groups excluding carboxylic acids is 3. The molecule has 1 heterocycles. The van der Waals surface area contributed by atoms with E-state index in [9.17, 15) is 24.3 Å². The highest BCUT2D eigenvalue weighted by molar-refractivity contribution is 5.92. The van der Waals surface area contributed by atoms with Gasteiger partial charge < -0.3 is 25.0 Å². The van der Waals surface area contributed by atoms with E-state index in [0.29, 0.717) is 0 Å². The van der Waals surface area contributed by atoms with Crippen LogP contribution in [-0.4, -0.2) is 77.0 Å². The van der Waals surface area contributed by atoms with E-state index in [2.05, 4.69) is 11.9 Å². The normalized spacial score (nSPS) is 18.9. The van der Waals surface area contributed by atoms with Crippen LogP contribution in [0.2, 0.25) is 0 Å². The molecule has 0 bridgehead atoms. The Morgan fingerprint density at radius 1 is 1.05 bits per heavy atom. The van der Waals surface area contributed by atoms with E-state index in [1.54, 1.807) is 0 Å². The van der Waals surface area contributed by atoms with Crippen LogP contribution in [0, 0.1) is 0 Å². The monoisotopic (exact) mass is 508 g/mol. The molecule has 3 N–H and O–H groups in total. The second-order valence-electron chi connectivity index (χ2n) is 8.94. The highest BCUT2D eigenvalue weighted by atomic mass is 16.6. The number of likely N-dealkylation sites (tertiary alicyclic amines) is 1. The summed E-state index contributed by atoms with van der Waals surface area (Å²) < 4.78 is 10.5. The van der Waals surface area contributed by atoms with Gasteiger partial charge in [0.1, 0.15) is 25.3 Å². The van der Waals surface area contributed by atoms with E-state index in [-0.39, 0.29) is 32.1 Å². The maximum Gasteiger partial charge on any atom is 0.410 e. The SMILES string of the molecule is C=CCOC(=O)[C@H](CC(=O)O)NC(=O)[C@@H]1C[C@@H](O)CN1C(=O)OCC1c2ccccc2-c2ccccc21. The number of carboxylic acid groups (broad SMARTS) is 1. The molecule has 10 nitrogen and oxygen atoms in total. The molecular weight excluding hydrogens is 480 g/mol. The molecule has 1 aliphatic heterocycles. The van der Waals surface area contributed by atoms with Gasteiger partial charge in [0.25, 0.3) is 0 Å². The number of amides is 2. The smallest absolute Gasteiger partial charge is 0.410 e. The number of aliphatic carboxylic acids is 1. The zero-order valence-electron chi connectivity index (χ0n) is 20.0. The van der Waals surface area contributed by atoms with Gasteiger partial charge >= 0.3 is 18.0 Å². The van der Waals surface area contributed by atoms with Crippen molar-refractivity contribution in [2.75, 3.05) is 19.8 Å². The lowest BCUT2D eigenvalue weighted by Gasteiger charge is -2.25. The number of carboxylic acids is 1. The maximum absolute atomic E-state index is 13.0. The van der Waals surface area contributed by atoms with Gasteiger partial charge in [0.2, 0.25) is 5.91 Å². The molecule has 1 saturated heterocycles. The number of nitrogens with one attached hydrogen (secondary N) is 1. The number of carbonyl (C=O) groups is 4. The average molecular weight is 509 g/mol. The summed E-state index contributed by atoms with van der Waals surface area (Å²) >= 11 is 0. The Bertz CT molecular complexity index is 1170. The van der Waals surface area contributed by atoms with Crippen molar-refractivity contribution in [3.05, 3.63) is 72.3 Å². The standard InChI is InChI=1S/C27H28N2O8/c1-2-11-36-26(34)22(13-24(31)32)28-25(33)23-12-16(30)14-29(23)27(35)37-15-21-19-9-5-3-7-17(19)18-8-4-6-10-20(18)21/h2-10,16,21-23,30H,1,11-15H2,(H,28,33)(H,31,32)/t16-,22+,23+/m1/s1. The fourth-order valence-corrected chi connectivity index (χ4v) is 4.82. The molecule has 0 aromatic heterocycles. The Morgan fingerprint density at radius 3 is 2.27 bits per heavy atom. The molecular formula is C27H28N2O8. The topological polar surface area (TPSA) is 142 Å². The second kappa shape index (κ2) is 11.3. The highest BCUT2D eigenvalue weighted by Crippen LogP contribution is 2.44. The second-order valence-corrected chi connectivity index (χ2v) is 8.94. The van der Waals surface area contributed by atoms with Crippen LogP contribution >= 0.6 is 0 Å². The van der Waals surface area contributed by atoms with Gasteiger partial charge in [-0.05, 0) is 22.3 Å². The van der Waals surface area contributed by atoms with Crippen LogP contribution in [0.25, 0.3) is 11.1 Å². The number of β-amino-alcohol motifs (C(OH)–C–C–N with tert-alkyl or cyclic N) is 1. The van der Waals surface area contributed by atoms with Gasteiger partial charge in [-0.25, -0.2) is 9.59 Å². The first-order chi connectivity index (χ1) is 17.8. The summed E-state index contributed by atoms with van der Waals surface area (Å²) in [6.45, 7) is 3.16. The number of esters is 1. The van der Waals surface area contributed by atoms with Crippen molar-refractivity contribution >= 4 is 23.9 Å². The average Bonchev–Trinajstić information content (AvgIpc) is 3.43. The van der Waals surface area contributed by atoms with Crippen molar-refractivity contribution in [3.63, 3.8) is 0 Å². The Morgan fingerprint density at radius 2 is 1.68 bits per heavy atom. The van der Waals surface area contributed by atoms with Gasteiger partial charge in [-0.1, -0.05) is 61.2 Å². The molecule has 37 heavy (non-hydrogen) atoms. The molecule has 0 saturated carbocycles. The van der Waals surface area contributed by atoms with E-state index in [4.69, 9.17) is 14.6 Å². The largest absolute Gasteiger partial charge is 0.481 e. The van der Waals surface area contributed by atoms with Crippen molar-refractivity contribution in [1.29, 1.82) is 0 Å². The number of hydrogen-bond acceptors (Lipinski definition) is 7. The van der Waals surface area contributed by atoms with E-state index in [1.165, 1.54) is 6.08 Å². The molecule has 0 radical (unpaired) electrons. The van der Waals surface area contributed by atoms with Gasteiger partial charge in [-0.3, -0.25) is 14.5 Å². The van der Waals surface area contributed by atoms with Crippen molar-refractivity contribution in [2.45, 2.75) is 36.9 Å². The minimum absolute atomic E-state index is 0.0311. The minimum atomic E-state index is -1.47. The molecule has 0 unspecified atom stereocenters. The third-order valence-corrected chi connectivity index (χ3v) is 6.48. The van der Waals surface area contributed by atoms with Crippen LogP contribution in [0.1, 0.15) is 29.9 Å². The summed E-state index contributed by atoms with van der Waals surface area (Å²) in [5, 5.41) is 21.7. The van der Waals surface area contributed by atoms with Crippen molar-refractivity contribution in [2.24, 2.45) is 0 Å². The first-order valence-corrected chi connectivity index (χ1v) is 11.9. The zero-order chi connectivity index (χ0) is 26.5. The summed E-state index contributed by atoms with van der Waals surface area (Å²) in [6.07, 6.45) is -1.26. The molecule has 4 rings (SSSR count). The molecule has 1 aliphatic carbocycles. The molecule has 2 amide bonds. The van der Waals surface area contributed by atoms with Gasteiger partial charge in [0.05, 0.1) is 19.1 Å². The lowest BCUT2D eigenvalue weighted by atomic mass is 9.98. The summed E-state index contributed by atoms with van der Waals surface area (Å²) in [6, 6.07) is 13.1. The third-order valence-electron chi connectivity index (χ3n) is 6.48. The number of hydrogen-bond donors (Lipinski definition) is 3. The van der Waals surface area contributed by atoms with Gasteiger partial charge in [-0.15, -0.1) is 0 Å². The summed E-state index contributed by atoms with van der Waals surface area (Å²) in [7, 11) is 0. The van der Waals surface area contributed by atoms with E-state index < -0.39 is 48.5 Å². The van der Waals surface area contributed by atoms with E-state index in [1.807, 2.05) is 48.5 Å². The quantitative estimate of drug-likeness (QED) is 0.345. The van der Waals surface area contributed by atoms with Crippen LogP contribution in [0.3, 0.4) is 0 Å². The molecule has 2 aromatic carbocycles. The number of nitrogens with zero attached hydrogens (tertiary/aromatic N) is 1. The van der Waals surface area contributed by atoms with E-state index >= 15 is 0 Å². The number of aliphatic hydroxyl groups excluding tert-OH is 1. The number of ether oxygens (including phenoxy) is 2. The number of benzene rings is 2. The summed E-state index contributed by atoms with van der Waals surface area (Å²) in [5.41, 5.74) is 4.20. The first kappa shape index (κ1) is 25.9. The zero-order valence-corrected chi connectivity index (χ0v) is 20.0. The Labute approximate surface area is 213 Å². The summed E-state index contributed by atoms with van der Waals surface area (Å²) in [4.78, 5) is 50.5. The van der Waals surface area contributed by atoms with Gasteiger partial charge in [0, 0.05) is 12.3 Å².